The summed E-state index contributed by atoms with van der Waals surface area (Å²) in [5.41, 5.74) is 3.42. The van der Waals surface area contributed by atoms with Crippen LogP contribution in [0, 0.1) is 13.8 Å². The summed E-state index contributed by atoms with van der Waals surface area (Å²) in [4.78, 5) is 14.6. The summed E-state index contributed by atoms with van der Waals surface area (Å²) in [7, 11) is 1.63. The minimum absolute atomic E-state index is 0.305. The van der Waals surface area contributed by atoms with E-state index < -0.39 is 0 Å². The molecule has 15 heavy (non-hydrogen) atoms. The summed E-state index contributed by atoms with van der Waals surface area (Å²) < 4.78 is 10.0. The number of hydrogen-bond donors (Lipinski definition) is 1. The average molecular weight is 211 g/mol. The molecule has 0 aromatic carbocycles. The fraction of sp³-hybridized carbons (Fsp3) is 0.545. The summed E-state index contributed by atoms with van der Waals surface area (Å²) in [6, 6.07) is 0. The number of ether oxygens (including phenoxy) is 2. The van der Waals surface area contributed by atoms with Crippen LogP contribution in [0.15, 0.2) is 0 Å². The Balaban J connectivity index is 3.00. The number of hydrogen-bond acceptors (Lipinski definition) is 3. The van der Waals surface area contributed by atoms with Crippen molar-refractivity contribution in [3.05, 3.63) is 22.5 Å². The number of aromatic nitrogens is 1. The van der Waals surface area contributed by atoms with Crippen LogP contribution in [-0.2, 0) is 16.1 Å². The molecule has 0 fully saturated rings. The highest BCUT2D eigenvalue weighted by molar-refractivity contribution is 5.89. The Bertz CT molecular complexity index is 355. The first-order chi connectivity index (χ1) is 7.11. The van der Waals surface area contributed by atoms with Crippen LogP contribution in [0.25, 0.3) is 0 Å². The maximum atomic E-state index is 11.5. The number of rotatable bonds is 4. The Labute approximate surface area is 89.6 Å². The lowest BCUT2D eigenvalue weighted by Gasteiger charge is -2.01. The molecular weight excluding hydrogens is 194 g/mol. The number of aryl methyl sites for hydroxylation is 1. The first kappa shape index (κ1) is 11.8. The van der Waals surface area contributed by atoms with Gasteiger partial charge in [0, 0.05) is 18.4 Å². The number of carbonyl (C=O) groups excluding carboxylic acids is 1. The fourth-order valence-corrected chi connectivity index (χ4v) is 1.56. The smallest absolute Gasteiger partial charge is 0.355 e. The Morgan fingerprint density at radius 3 is 2.60 bits per heavy atom. The predicted octanol–water partition coefficient (Wildman–Crippen LogP) is 1.95. The molecule has 4 heteroatoms. The van der Waals surface area contributed by atoms with E-state index in [1.54, 1.807) is 14.0 Å². The van der Waals surface area contributed by atoms with Gasteiger partial charge in [-0.15, -0.1) is 0 Å². The summed E-state index contributed by atoms with van der Waals surface area (Å²) in [5.74, 6) is -0.305. The summed E-state index contributed by atoms with van der Waals surface area (Å²) in [5, 5.41) is 0. The third-order valence-electron chi connectivity index (χ3n) is 2.36. The van der Waals surface area contributed by atoms with Crippen molar-refractivity contribution in [1.29, 1.82) is 0 Å². The van der Waals surface area contributed by atoms with E-state index in [9.17, 15) is 4.79 Å². The molecule has 0 atom stereocenters. The molecule has 84 valence electrons. The van der Waals surface area contributed by atoms with Crippen LogP contribution >= 0.6 is 0 Å². The highest BCUT2D eigenvalue weighted by Crippen LogP contribution is 2.19. The molecule has 0 saturated carbocycles. The summed E-state index contributed by atoms with van der Waals surface area (Å²) >= 11 is 0. The molecule has 1 aromatic heterocycles. The Morgan fingerprint density at radius 2 is 2.07 bits per heavy atom. The average Bonchev–Trinajstić information content (AvgIpc) is 2.47. The van der Waals surface area contributed by atoms with Gasteiger partial charge in [-0.3, -0.25) is 0 Å². The second-order valence-corrected chi connectivity index (χ2v) is 3.38. The van der Waals surface area contributed by atoms with Gasteiger partial charge >= 0.3 is 5.97 Å². The van der Waals surface area contributed by atoms with Crippen molar-refractivity contribution < 1.29 is 14.3 Å². The number of nitrogens with one attached hydrogen (secondary N) is 1. The molecule has 0 unspecified atom stereocenters. The SMILES string of the molecule is CCOC(=O)c1[nH]c(C)c(COC)c1C. The molecule has 0 aliphatic heterocycles. The zero-order valence-corrected chi connectivity index (χ0v) is 9.64. The van der Waals surface area contributed by atoms with Crippen LogP contribution in [0.3, 0.4) is 0 Å². The van der Waals surface area contributed by atoms with Crippen molar-refractivity contribution in [3.63, 3.8) is 0 Å². The fourth-order valence-electron chi connectivity index (χ4n) is 1.56. The molecule has 0 amide bonds. The van der Waals surface area contributed by atoms with Crippen LogP contribution in [0.4, 0.5) is 0 Å². The molecule has 0 aliphatic carbocycles. The van der Waals surface area contributed by atoms with E-state index >= 15 is 0 Å². The Kier molecular flexibility index (Phi) is 3.91. The van der Waals surface area contributed by atoms with Gasteiger partial charge in [-0.25, -0.2) is 4.79 Å². The van der Waals surface area contributed by atoms with Gasteiger partial charge in [0.2, 0.25) is 0 Å². The Morgan fingerprint density at radius 1 is 1.40 bits per heavy atom. The van der Waals surface area contributed by atoms with Gasteiger partial charge in [-0.05, 0) is 26.3 Å². The lowest BCUT2D eigenvalue weighted by atomic mass is 10.1. The van der Waals surface area contributed by atoms with E-state index in [-0.39, 0.29) is 5.97 Å². The molecule has 0 spiro atoms. The van der Waals surface area contributed by atoms with Crippen molar-refractivity contribution in [3.8, 4) is 0 Å². The third-order valence-corrected chi connectivity index (χ3v) is 2.36. The maximum absolute atomic E-state index is 11.5. The normalized spacial score (nSPS) is 10.4. The second-order valence-electron chi connectivity index (χ2n) is 3.38. The minimum Gasteiger partial charge on any atom is -0.461 e. The second kappa shape index (κ2) is 4.98. The van der Waals surface area contributed by atoms with Gasteiger partial charge in [0.1, 0.15) is 5.69 Å². The van der Waals surface area contributed by atoms with Crippen LogP contribution in [-0.4, -0.2) is 24.7 Å². The number of esters is 1. The molecular formula is C11H17NO3. The molecule has 0 radical (unpaired) electrons. The van der Waals surface area contributed by atoms with Crippen molar-refractivity contribution in [2.24, 2.45) is 0 Å². The molecule has 1 heterocycles. The van der Waals surface area contributed by atoms with Gasteiger partial charge in [0.15, 0.2) is 0 Å². The van der Waals surface area contributed by atoms with Crippen LogP contribution < -0.4 is 0 Å². The van der Waals surface area contributed by atoms with E-state index in [0.717, 1.165) is 16.8 Å². The summed E-state index contributed by atoms with van der Waals surface area (Å²) in [6.07, 6.45) is 0. The van der Waals surface area contributed by atoms with E-state index in [2.05, 4.69) is 4.98 Å². The largest absolute Gasteiger partial charge is 0.461 e. The van der Waals surface area contributed by atoms with Gasteiger partial charge in [0.05, 0.1) is 13.2 Å². The van der Waals surface area contributed by atoms with Crippen molar-refractivity contribution in [1.82, 2.24) is 4.98 Å². The van der Waals surface area contributed by atoms with Crippen molar-refractivity contribution in [2.75, 3.05) is 13.7 Å². The van der Waals surface area contributed by atoms with E-state index in [1.807, 2.05) is 13.8 Å². The van der Waals surface area contributed by atoms with E-state index in [0.29, 0.717) is 18.9 Å². The highest BCUT2D eigenvalue weighted by Gasteiger charge is 2.17. The van der Waals surface area contributed by atoms with E-state index in [4.69, 9.17) is 9.47 Å². The first-order valence-electron chi connectivity index (χ1n) is 4.95. The van der Waals surface area contributed by atoms with Crippen LogP contribution in [0.1, 0.15) is 34.2 Å². The number of H-pyrrole nitrogens is 1. The molecule has 0 saturated heterocycles. The third kappa shape index (κ3) is 2.39. The van der Waals surface area contributed by atoms with Gasteiger partial charge in [-0.1, -0.05) is 0 Å². The lowest BCUT2D eigenvalue weighted by molar-refractivity contribution is 0.0519. The van der Waals surface area contributed by atoms with Crippen molar-refractivity contribution in [2.45, 2.75) is 27.4 Å². The number of carbonyl (C=O) groups is 1. The standard InChI is InChI=1S/C11H17NO3/c1-5-15-11(13)10-7(2)9(6-14-4)8(3)12-10/h12H,5-6H2,1-4H3. The Hall–Kier alpha value is -1.29. The molecule has 1 N–H and O–H groups in total. The molecule has 1 aromatic rings. The van der Waals surface area contributed by atoms with E-state index in [1.165, 1.54) is 0 Å². The molecule has 0 bridgehead atoms. The van der Waals surface area contributed by atoms with Gasteiger partial charge in [-0.2, -0.15) is 0 Å². The minimum atomic E-state index is -0.305. The molecule has 4 nitrogen and oxygen atoms in total. The first-order valence-corrected chi connectivity index (χ1v) is 4.95. The summed E-state index contributed by atoms with van der Waals surface area (Å²) in [6.45, 7) is 6.50. The number of aromatic amines is 1. The highest BCUT2D eigenvalue weighted by atomic mass is 16.5. The van der Waals surface area contributed by atoms with Gasteiger partial charge < -0.3 is 14.5 Å². The maximum Gasteiger partial charge on any atom is 0.355 e. The zero-order chi connectivity index (χ0) is 11.4. The quantitative estimate of drug-likeness (QED) is 0.774. The van der Waals surface area contributed by atoms with Crippen LogP contribution in [0.5, 0.6) is 0 Å². The van der Waals surface area contributed by atoms with Crippen molar-refractivity contribution >= 4 is 5.97 Å². The lowest BCUT2D eigenvalue weighted by Crippen LogP contribution is -2.06. The molecule has 1 rings (SSSR count). The zero-order valence-electron chi connectivity index (χ0n) is 9.64. The topological polar surface area (TPSA) is 51.3 Å². The predicted molar refractivity (Wildman–Crippen MR) is 56.9 cm³/mol. The van der Waals surface area contributed by atoms with Crippen LogP contribution in [0.2, 0.25) is 0 Å². The van der Waals surface area contributed by atoms with Gasteiger partial charge in [0.25, 0.3) is 0 Å². The molecule has 0 aliphatic rings. The monoisotopic (exact) mass is 211 g/mol. The number of methoxy groups -OCH3 is 1.